The molecule has 0 saturated heterocycles. The van der Waals surface area contributed by atoms with Crippen LogP contribution in [0, 0.1) is 6.92 Å². The number of carboxylic acids is 2. The van der Waals surface area contributed by atoms with Crippen LogP contribution in [0.1, 0.15) is 31.8 Å². The van der Waals surface area contributed by atoms with E-state index in [0.29, 0.717) is 5.75 Å². The summed E-state index contributed by atoms with van der Waals surface area (Å²) >= 11 is 0. The van der Waals surface area contributed by atoms with E-state index in [4.69, 9.17) is 14.9 Å². The van der Waals surface area contributed by atoms with Gasteiger partial charge in [-0.15, -0.1) is 0 Å². The normalized spacial score (nSPS) is 10.1. The summed E-state index contributed by atoms with van der Waals surface area (Å²) in [7, 11) is 0. The topological polar surface area (TPSA) is 83.8 Å². The van der Waals surface area contributed by atoms with Crippen LogP contribution in [0.3, 0.4) is 0 Å². The standard InChI is InChI=1S/C16H14O5/c1-10-3-2-4-13(16(19)20)14(10)21-9-11-5-7-12(8-6-11)15(17)18/h2-8H,9H2,1H3,(H,17,18)(H,19,20). The van der Waals surface area contributed by atoms with E-state index in [1.165, 1.54) is 18.2 Å². The van der Waals surface area contributed by atoms with Gasteiger partial charge in [-0.3, -0.25) is 0 Å². The number of ether oxygens (including phenoxy) is 1. The fraction of sp³-hybridized carbons (Fsp3) is 0.125. The molecule has 0 aliphatic heterocycles. The summed E-state index contributed by atoms with van der Waals surface area (Å²) in [6.45, 7) is 1.94. The zero-order chi connectivity index (χ0) is 15.4. The molecule has 0 aliphatic rings. The van der Waals surface area contributed by atoms with Gasteiger partial charge in [0.1, 0.15) is 17.9 Å². The van der Waals surface area contributed by atoms with Crippen LogP contribution in [0.4, 0.5) is 0 Å². The molecule has 0 aromatic heterocycles. The quantitative estimate of drug-likeness (QED) is 0.882. The highest BCUT2D eigenvalue weighted by Gasteiger charge is 2.13. The van der Waals surface area contributed by atoms with Crippen molar-refractivity contribution < 1.29 is 24.5 Å². The molecule has 0 heterocycles. The van der Waals surface area contributed by atoms with Gasteiger partial charge < -0.3 is 14.9 Å². The molecule has 0 atom stereocenters. The van der Waals surface area contributed by atoms with E-state index in [-0.39, 0.29) is 17.7 Å². The summed E-state index contributed by atoms with van der Waals surface area (Å²) in [6.07, 6.45) is 0. The first-order valence-corrected chi connectivity index (χ1v) is 6.27. The predicted octanol–water partition coefficient (Wildman–Crippen LogP) is 2.97. The Labute approximate surface area is 121 Å². The number of hydrogen-bond acceptors (Lipinski definition) is 3. The molecule has 2 aromatic rings. The Morgan fingerprint density at radius 2 is 1.67 bits per heavy atom. The number of benzene rings is 2. The first kappa shape index (κ1) is 14.6. The van der Waals surface area contributed by atoms with Crippen molar-refractivity contribution in [3.8, 4) is 5.75 Å². The van der Waals surface area contributed by atoms with E-state index in [0.717, 1.165) is 11.1 Å². The first-order valence-electron chi connectivity index (χ1n) is 6.27. The summed E-state index contributed by atoms with van der Waals surface area (Å²) in [5.41, 5.74) is 1.80. The molecule has 0 unspecified atom stereocenters. The monoisotopic (exact) mass is 286 g/mol. The molecule has 2 N–H and O–H groups in total. The van der Waals surface area contributed by atoms with Crippen LogP contribution in [0.15, 0.2) is 42.5 Å². The SMILES string of the molecule is Cc1cccc(C(=O)O)c1OCc1ccc(C(=O)O)cc1. The largest absolute Gasteiger partial charge is 0.488 e. The molecular formula is C16H14O5. The average Bonchev–Trinajstić information content (AvgIpc) is 2.46. The maximum atomic E-state index is 11.2. The van der Waals surface area contributed by atoms with Gasteiger partial charge in [-0.05, 0) is 36.2 Å². The van der Waals surface area contributed by atoms with Crippen LogP contribution in [-0.4, -0.2) is 22.2 Å². The van der Waals surface area contributed by atoms with E-state index in [1.54, 1.807) is 31.2 Å². The van der Waals surface area contributed by atoms with Gasteiger partial charge in [-0.25, -0.2) is 9.59 Å². The lowest BCUT2D eigenvalue weighted by Crippen LogP contribution is -2.05. The van der Waals surface area contributed by atoms with Gasteiger partial charge in [-0.1, -0.05) is 24.3 Å². The van der Waals surface area contributed by atoms with Crippen LogP contribution < -0.4 is 4.74 Å². The second-order valence-corrected chi connectivity index (χ2v) is 4.55. The third-order valence-electron chi connectivity index (χ3n) is 3.03. The van der Waals surface area contributed by atoms with Crippen LogP contribution in [0.25, 0.3) is 0 Å². The molecule has 108 valence electrons. The van der Waals surface area contributed by atoms with Crippen molar-refractivity contribution in [1.29, 1.82) is 0 Å². The van der Waals surface area contributed by atoms with Gasteiger partial charge in [-0.2, -0.15) is 0 Å². The molecule has 0 aliphatic carbocycles. The Hall–Kier alpha value is -2.82. The van der Waals surface area contributed by atoms with Crippen LogP contribution in [-0.2, 0) is 6.61 Å². The molecule has 0 radical (unpaired) electrons. The van der Waals surface area contributed by atoms with E-state index in [2.05, 4.69) is 0 Å². The highest BCUT2D eigenvalue weighted by Crippen LogP contribution is 2.24. The van der Waals surface area contributed by atoms with Crippen molar-refractivity contribution in [1.82, 2.24) is 0 Å². The summed E-state index contributed by atoms with van der Waals surface area (Å²) in [6, 6.07) is 11.2. The molecular weight excluding hydrogens is 272 g/mol. The van der Waals surface area contributed by atoms with Gasteiger partial charge in [0, 0.05) is 0 Å². The Morgan fingerprint density at radius 1 is 1.00 bits per heavy atom. The van der Waals surface area contributed by atoms with E-state index < -0.39 is 11.9 Å². The maximum absolute atomic E-state index is 11.2. The van der Waals surface area contributed by atoms with Gasteiger partial charge in [0.25, 0.3) is 0 Å². The fourth-order valence-corrected chi connectivity index (χ4v) is 1.91. The molecule has 21 heavy (non-hydrogen) atoms. The number of para-hydroxylation sites is 1. The lowest BCUT2D eigenvalue weighted by Gasteiger charge is -2.12. The molecule has 5 nitrogen and oxygen atoms in total. The molecule has 0 saturated carbocycles. The minimum atomic E-state index is -1.05. The first-order chi connectivity index (χ1) is 9.99. The van der Waals surface area contributed by atoms with Crippen molar-refractivity contribution in [3.05, 3.63) is 64.7 Å². The lowest BCUT2D eigenvalue weighted by molar-refractivity contribution is 0.0682. The summed E-state index contributed by atoms with van der Waals surface area (Å²) in [5, 5.41) is 18.0. The molecule has 0 bridgehead atoms. The zero-order valence-electron chi connectivity index (χ0n) is 11.4. The van der Waals surface area contributed by atoms with Crippen LogP contribution in [0.2, 0.25) is 0 Å². The number of rotatable bonds is 5. The van der Waals surface area contributed by atoms with Gasteiger partial charge in [0.2, 0.25) is 0 Å². The highest BCUT2D eigenvalue weighted by atomic mass is 16.5. The van der Waals surface area contributed by atoms with Gasteiger partial charge in [0.05, 0.1) is 5.56 Å². The minimum absolute atomic E-state index is 0.108. The Kier molecular flexibility index (Phi) is 4.23. The smallest absolute Gasteiger partial charge is 0.339 e. The molecule has 0 amide bonds. The average molecular weight is 286 g/mol. The van der Waals surface area contributed by atoms with Crippen molar-refractivity contribution in [2.24, 2.45) is 0 Å². The second-order valence-electron chi connectivity index (χ2n) is 4.55. The molecule has 2 aromatic carbocycles. The summed E-state index contributed by atoms with van der Waals surface area (Å²) < 4.78 is 5.59. The van der Waals surface area contributed by atoms with Crippen molar-refractivity contribution >= 4 is 11.9 Å². The number of aryl methyl sites for hydroxylation is 1. The molecule has 0 fully saturated rings. The molecule has 5 heteroatoms. The van der Waals surface area contributed by atoms with Crippen LogP contribution in [0.5, 0.6) is 5.75 Å². The van der Waals surface area contributed by atoms with Crippen molar-refractivity contribution in [2.75, 3.05) is 0 Å². The minimum Gasteiger partial charge on any atom is -0.488 e. The maximum Gasteiger partial charge on any atom is 0.339 e. The van der Waals surface area contributed by atoms with Crippen molar-refractivity contribution in [2.45, 2.75) is 13.5 Å². The van der Waals surface area contributed by atoms with Crippen LogP contribution >= 0.6 is 0 Å². The zero-order valence-corrected chi connectivity index (χ0v) is 11.4. The number of carbonyl (C=O) groups is 2. The van der Waals surface area contributed by atoms with E-state index in [1.807, 2.05) is 0 Å². The lowest BCUT2D eigenvalue weighted by atomic mass is 10.1. The number of carboxylic acid groups (broad SMARTS) is 2. The predicted molar refractivity (Wildman–Crippen MR) is 75.9 cm³/mol. The third kappa shape index (κ3) is 3.39. The summed E-state index contributed by atoms with van der Waals surface area (Å²) in [5.74, 6) is -1.71. The Bertz CT molecular complexity index is 674. The van der Waals surface area contributed by atoms with Gasteiger partial charge in [0.15, 0.2) is 0 Å². The third-order valence-corrected chi connectivity index (χ3v) is 3.03. The summed E-state index contributed by atoms with van der Waals surface area (Å²) in [4.78, 5) is 21.9. The fourth-order valence-electron chi connectivity index (χ4n) is 1.91. The number of aromatic carboxylic acids is 2. The Balaban J connectivity index is 2.16. The Morgan fingerprint density at radius 3 is 2.24 bits per heavy atom. The van der Waals surface area contributed by atoms with E-state index in [9.17, 15) is 9.59 Å². The highest BCUT2D eigenvalue weighted by molar-refractivity contribution is 5.91. The number of hydrogen-bond donors (Lipinski definition) is 2. The molecule has 2 rings (SSSR count). The van der Waals surface area contributed by atoms with Gasteiger partial charge >= 0.3 is 11.9 Å². The van der Waals surface area contributed by atoms with Crippen molar-refractivity contribution in [3.63, 3.8) is 0 Å². The second kappa shape index (κ2) is 6.09. The molecule has 0 spiro atoms. The van der Waals surface area contributed by atoms with E-state index >= 15 is 0 Å².